The average Bonchev–Trinajstić information content (AvgIpc) is 2.45. The minimum Gasteiger partial charge on any atom is -0.355 e. The quantitative estimate of drug-likeness (QED) is 0.619. The monoisotopic (exact) mass is 313 g/mol. The van der Waals surface area contributed by atoms with E-state index < -0.39 is 10.0 Å². The SMILES string of the molecule is CCC(NC)c1cccc(S(=O)(=O)NCCNC(C)=O)c1. The molecule has 0 aliphatic heterocycles. The maximum atomic E-state index is 12.2. The van der Waals surface area contributed by atoms with Crippen LogP contribution in [0.1, 0.15) is 31.9 Å². The summed E-state index contributed by atoms with van der Waals surface area (Å²) in [5.41, 5.74) is 0.935. The maximum absolute atomic E-state index is 12.2. The lowest BCUT2D eigenvalue weighted by Crippen LogP contribution is -2.33. The Morgan fingerprint density at radius 1 is 1.29 bits per heavy atom. The van der Waals surface area contributed by atoms with Crippen LogP contribution in [-0.2, 0) is 14.8 Å². The molecular formula is C14H23N3O3S. The largest absolute Gasteiger partial charge is 0.355 e. The first kappa shape index (κ1) is 17.6. The van der Waals surface area contributed by atoms with E-state index in [0.29, 0.717) is 0 Å². The zero-order valence-electron chi connectivity index (χ0n) is 12.6. The highest BCUT2D eigenvalue weighted by molar-refractivity contribution is 7.89. The second-order valence-corrected chi connectivity index (χ2v) is 6.47. The van der Waals surface area contributed by atoms with Crippen LogP contribution < -0.4 is 15.4 Å². The van der Waals surface area contributed by atoms with Crippen LogP contribution in [0.25, 0.3) is 0 Å². The third-order valence-electron chi connectivity index (χ3n) is 3.12. The van der Waals surface area contributed by atoms with Crippen LogP contribution in [0.5, 0.6) is 0 Å². The lowest BCUT2D eigenvalue weighted by Gasteiger charge is -2.15. The molecule has 0 aromatic heterocycles. The first-order chi connectivity index (χ1) is 9.90. The predicted octanol–water partition coefficient (Wildman–Crippen LogP) is 0.772. The van der Waals surface area contributed by atoms with Crippen LogP contribution in [0.3, 0.4) is 0 Å². The van der Waals surface area contributed by atoms with Gasteiger partial charge in [0.15, 0.2) is 0 Å². The first-order valence-electron chi connectivity index (χ1n) is 6.92. The van der Waals surface area contributed by atoms with Crippen LogP contribution in [0.2, 0.25) is 0 Å². The summed E-state index contributed by atoms with van der Waals surface area (Å²) in [6, 6.07) is 7.00. The molecule has 0 fully saturated rings. The van der Waals surface area contributed by atoms with Crippen LogP contribution >= 0.6 is 0 Å². The van der Waals surface area contributed by atoms with Crippen LogP contribution in [0, 0.1) is 0 Å². The van der Waals surface area contributed by atoms with Gasteiger partial charge in [-0.25, -0.2) is 13.1 Å². The van der Waals surface area contributed by atoms with Crippen molar-refractivity contribution in [2.75, 3.05) is 20.1 Å². The lowest BCUT2D eigenvalue weighted by atomic mass is 10.1. The average molecular weight is 313 g/mol. The Kier molecular flexibility index (Phi) is 6.80. The van der Waals surface area contributed by atoms with Crippen molar-refractivity contribution in [1.29, 1.82) is 0 Å². The molecule has 0 heterocycles. The zero-order chi connectivity index (χ0) is 15.9. The minimum absolute atomic E-state index is 0.125. The molecule has 0 bridgehead atoms. The highest BCUT2D eigenvalue weighted by Gasteiger charge is 2.15. The Morgan fingerprint density at radius 2 is 2.00 bits per heavy atom. The molecule has 0 aliphatic carbocycles. The Morgan fingerprint density at radius 3 is 2.57 bits per heavy atom. The normalized spacial score (nSPS) is 12.9. The molecule has 0 radical (unpaired) electrons. The van der Waals surface area contributed by atoms with Gasteiger partial charge in [-0.2, -0.15) is 0 Å². The highest BCUT2D eigenvalue weighted by Crippen LogP contribution is 2.19. The van der Waals surface area contributed by atoms with Crippen LogP contribution in [0.4, 0.5) is 0 Å². The van der Waals surface area contributed by atoms with E-state index in [0.717, 1.165) is 12.0 Å². The molecule has 1 unspecified atom stereocenters. The number of benzene rings is 1. The van der Waals surface area contributed by atoms with Crippen molar-refractivity contribution < 1.29 is 13.2 Å². The number of nitrogens with one attached hydrogen (secondary N) is 3. The van der Waals surface area contributed by atoms with Crippen molar-refractivity contribution in [3.63, 3.8) is 0 Å². The van der Waals surface area contributed by atoms with E-state index in [1.54, 1.807) is 18.2 Å². The maximum Gasteiger partial charge on any atom is 0.240 e. The lowest BCUT2D eigenvalue weighted by molar-refractivity contribution is -0.118. The van der Waals surface area contributed by atoms with Gasteiger partial charge in [-0.3, -0.25) is 4.79 Å². The summed E-state index contributed by atoms with van der Waals surface area (Å²) in [5.74, 6) is -0.184. The van der Waals surface area contributed by atoms with E-state index in [1.165, 1.54) is 6.92 Å². The number of sulfonamides is 1. The minimum atomic E-state index is -3.56. The number of amides is 1. The summed E-state index contributed by atoms with van der Waals surface area (Å²) in [6.07, 6.45) is 0.871. The summed E-state index contributed by atoms with van der Waals surface area (Å²) < 4.78 is 26.8. The van der Waals surface area contributed by atoms with Crippen LogP contribution in [-0.4, -0.2) is 34.5 Å². The van der Waals surface area contributed by atoms with Gasteiger partial charge in [0.05, 0.1) is 4.90 Å². The van der Waals surface area contributed by atoms with Crippen molar-refractivity contribution in [3.8, 4) is 0 Å². The number of carbonyl (C=O) groups excluding carboxylic acids is 1. The summed E-state index contributed by atoms with van der Waals surface area (Å²) in [5, 5.41) is 5.69. The summed E-state index contributed by atoms with van der Waals surface area (Å²) in [7, 11) is -1.71. The smallest absolute Gasteiger partial charge is 0.240 e. The number of hydrogen-bond donors (Lipinski definition) is 3. The van der Waals surface area contributed by atoms with Crippen molar-refractivity contribution >= 4 is 15.9 Å². The first-order valence-corrected chi connectivity index (χ1v) is 8.40. The van der Waals surface area contributed by atoms with E-state index >= 15 is 0 Å². The summed E-state index contributed by atoms with van der Waals surface area (Å²) in [6.45, 7) is 3.85. The zero-order valence-corrected chi connectivity index (χ0v) is 13.5. The Hall–Kier alpha value is -1.44. The van der Waals surface area contributed by atoms with Gasteiger partial charge in [-0.1, -0.05) is 19.1 Å². The van der Waals surface area contributed by atoms with Gasteiger partial charge in [0, 0.05) is 26.1 Å². The van der Waals surface area contributed by atoms with E-state index in [4.69, 9.17) is 0 Å². The Balaban J connectivity index is 2.79. The predicted molar refractivity (Wildman–Crippen MR) is 82.4 cm³/mol. The summed E-state index contributed by atoms with van der Waals surface area (Å²) in [4.78, 5) is 11.0. The molecule has 0 saturated carbocycles. The molecule has 3 N–H and O–H groups in total. The molecule has 1 aromatic rings. The van der Waals surface area contributed by atoms with Gasteiger partial charge in [0.2, 0.25) is 15.9 Å². The number of hydrogen-bond acceptors (Lipinski definition) is 4. The van der Waals surface area contributed by atoms with Crippen molar-refractivity contribution in [2.45, 2.75) is 31.2 Å². The molecule has 0 spiro atoms. The standard InChI is InChI=1S/C14H23N3O3S/c1-4-14(15-3)12-6-5-7-13(10-12)21(19,20)17-9-8-16-11(2)18/h5-7,10,14-15,17H,4,8-9H2,1-3H3,(H,16,18). The van der Waals surface area contributed by atoms with Gasteiger partial charge in [-0.15, -0.1) is 0 Å². The summed E-state index contributed by atoms with van der Waals surface area (Å²) >= 11 is 0. The van der Waals surface area contributed by atoms with Gasteiger partial charge in [-0.05, 0) is 31.2 Å². The Bertz CT molecular complexity index is 569. The van der Waals surface area contributed by atoms with E-state index in [9.17, 15) is 13.2 Å². The van der Waals surface area contributed by atoms with Crippen LogP contribution in [0.15, 0.2) is 29.2 Å². The van der Waals surface area contributed by atoms with Gasteiger partial charge in [0.1, 0.15) is 0 Å². The molecule has 0 saturated heterocycles. The molecular weight excluding hydrogens is 290 g/mol. The molecule has 1 rings (SSSR count). The number of rotatable bonds is 8. The molecule has 7 heteroatoms. The third-order valence-corrected chi connectivity index (χ3v) is 4.58. The molecule has 21 heavy (non-hydrogen) atoms. The molecule has 6 nitrogen and oxygen atoms in total. The van der Waals surface area contributed by atoms with E-state index in [2.05, 4.69) is 15.4 Å². The van der Waals surface area contributed by atoms with E-state index in [1.807, 2.05) is 20.0 Å². The second-order valence-electron chi connectivity index (χ2n) is 4.70. The van der Waals surface area contributed by atoms with Gasteiger partial charge >= 0.3 is 0 Å². The molecule has 118 valence electrons. The fourth-order valence-electron chi connectivity index (χ4n) is 2.01. The Labute approximate surface area is 126 Å². The topological polar surface area (TPSA) is 87.3 Å². The van der Waals surface area contributed by atoms with Crippen molar-refractivity contribution in [1.82, 2.24) is 15.4 Å². The van der Waals surface area contributed by atoms with Crippen molar-refractivity contribution in [2.24, 2.45) is 0 Å². The van der Waals surface area contributed by atoms with Gasteiger partial charge in [0.25, 0.3) is 0 Å². The fraction of sp³-hybridized carbons (Fsp3) is 0.500. The number of carbonyl (C=O) groups is 1. The third kappa shape index (κ3) is 5.45. The molecule has 1 aromatic carbocycles. The van der Waals surface area contributed by atoms with Gasteiger partial charge < -0.3 is 10.6 Å². The fourth-order valence-corrected chi connectivity index (χ4v) is 3.10. The second kappa shape index (κ2) is 8.11. The molecule has 0 aliphatic rings. The molecule has 1 atom stereocenters. The van der Waals surface area contributed by atoms with E-state index in [-0.39, 0.29) is 29.9 Å². The molecule has 1 amide bonds. The van der Waals surface area contributed by atoms with Crippen molar-refractivity contribution in [3.05, 3.63) is 29.8 Å². The highest BCUT2D eigenvalue weighted by atomic mass is 32.2.